The molecule has 0 saturated carbocycles. The lowest BCUT2D eigenvalue weighted by atomic mass is 10.0. The van der Waals surface area contributed by atoms with Crippen molar-refractivity contribution in [1.82, 2.24) is 31.2 Å². The molecular weight excluding hydrogens is 504 g/mol. The zero-order valence-electron chi connectivity index (χ0n) is 21.0. The summed E-state index contributed by atoms with van der Waals surface area (Å²) < 4.78 is 0. The molecule has 0 fully saturated rings. The Labute approximate surface area is 223 Å². The lowest BCUT2D eigenvalue weighted by Gasteiger charge is -2.19. The fourth-order valence-electron chi connectivity index (χ4n) is 4.58. The monoisotopic (exact) mass is 534 g/mol. The van der Waals surface area contributed by atoms with E-state index in [9.17, 15) is 19.2 Å². The van der Waals surface area contributed by atoms with Gasteiger partial charge in [0.2, 0.25) is 11.8 Å². The Morgan fingerprint density at radius 3 is 1.49 bits per heavy atom. The van der Waals surface area contributed by atoms with E-state index in [2.05, 4.69) is 20.6 Å². The lowest BCUT2D eigenvalue weighted by Crippen LogP contribution is -2.49. The SMILES string of the molecule is O=C(O)NC(=O)C(Cc1c[nH]c2ccccc12)NCCCNC(Cc1c[nH]c2ccccc12)C(=O)NC(=O)O. The summed E-state index contributed by atoms with van der Waals surface area (Å²) in [5.74, 6) is -1.34. The van der Waals surface area contributed by atoms with E-state index in [1.165, 1.54) is 0 Å². The van der Waals surface area contributed by atoms with Crippen LogP contribution in [0.2, 0.25) is 0 Å². The Hall–Kier alpha value is -4.68. The maximum Gasteiger partial charge on any atom is 0.411 e. The number of carboxylic acid groups (broad SMARTS) is 2. The van der Waals surface area contributed by atoms with Gasteiger partial charge in [0, 0.05) is 34.2 Å². The summed E-state index contributed by atoms with van der Waals surface area (Å²) in [6.45, 7) is 0.681. The molecule has 2 aromatic carbocycles. The molecule has 4 aromatic rings. The van der Waals surface area contributed by atoms with Crippen molar-refractivity contribution in [2.24, 2.45) is 0 Å². The summed E-state index contributed by atoms with van der Waals surface area (Å²) in [4.78, 5) is 53.6. The zero-order valence-corrected chi connectivity index (χ0v) is 21.0. The smallest absolute Gasteiger partial charge is 0.411 e. The number of aromatic nitrogens is 2. The molecule has 2 unspecified atom stereocenters. The van der Waals surface area contributed by atoms with Crippen molar-refractivity contribution in [3.8, 4) is 0 Å². The summed E-state index contributed by atoms with van der Waals surface area (Å²) in [6, 6.07) is 13.6. The average Bonchev–Trinajstić information content (AvgIpc) is 3.50. The Kier molecular flexibility index (Phi) is 8.92. The molecule has 39 heavy (non-hydrogen) atoms. The van der Waals surface area contributed by atoms with Gasteiger partial charge in [-0.25, -0.2) is 9.59 Å². The maximum absolute atomic E-state index is 12.6. The largest absolute Gasteiger partial charge is 0.465 e. The molecule has 4 rings (SSSR count). The number of amides is 4. The van der Waals surface area contributed by atoms with Crippen LogP contribution in [0.1, 0.15) is 17.5 Å². The highest BCUT2D eigenvalue weighted by Crippen LogP contribution is 2.20. The molecule has 2 atom stereocenters. The molecule has 12 nitrogen and oxygen atoms in total. The van der Waals surface area contributed by atoms with E-state index in [0.29, 0.717) is 19.5 Å². The topological polar surface area (TPSA) is 188 Å². The van der Waals surface area contributed by atoms with Crippen molar-refractivity contribution < 1.29 is 29.4 Å². The standard InChI is InChI=1S/C27H30N6O6/c34-24(32-26(36)37)22(12-16-14-30-20-8-3-1-6-18(16)20)28-10-5-11-29-23(25(35)33-27(38)39)13-17-15-31-21-9-4-2-7-19(17)21/h1-4,6-9,14-15,22-23,28-31H,5,10-13H2,(H,32,34)(H,33,35)(H,36,37)(H,38,39). The van der Waals surface area contributed by atoms with Crippen molar-refractivity contribution in [2.75, 3.05) is 13.1 Å². The van der Waals surface area contributed by atoms with Gasteiger partial charge in [0.15, 0.2) is 0 Å². The van der Waals surface area contributed by atoms with Gasteiger partial charge in [0.1, 0.15) is 0 Å². The highest BCUT2D eigenvalue weighted by Gasteiger charge is 2.23. The average molecular weight is 535 g/mol. The number of benzene rings is 2. The number of para-hydroxylation sites is 2. The summed E-state index contributed by atoms with van der Waals surface area (Å²) in [6.07, 6.45) is 1.74. The van der Waals surface area contributed by atoms with Crippen molar-refractivity contribution >= 4 is 45.8 Å². The van der Waals surface area contributed by atoms with Gasteiger partial charge in [-0.1, -0.05) is 36.4 Å². The molecule has 204 valence electrons. The summed E-state index contributed by atoms with van der Waals surface area (Å²) in [5.41, 5.74) is 3.56. The molecule has 2 heterocycles. The molecule has 0 aliphatic carbocycles. The number of nitrogens with one attached hydrogen (secondary N) is 6. The van der Waals surface area contributed by atoms with Crippen LogP contribution in [0.5, 0.6) is 0 Å². The molecule has 0 radical (unpaired) electrons. The Morgan fingerprint density at radius 1 is 0.667 bits per heavy atom. The van der Waals surface area contributed by atoms with E-state index >= 15 is 0 Å². The van der Waals surface area contributed by atoms with Gasteiger partial charge in [-0.2, -0.15) is 0 Å². The Balaban J connectivity index is 1.36. The van der Waals surface area contributed by atoms with Crippen LogP contribution in [0.4, 0.5) is 9.59 Å². The molecule has 0 aliphatic heterocycles. The molecule has 0 spiro atoms. The lowest BCUT2D eigenvalue weighted by molar-refractivity contribution is -0.123. The number of hydrogen-bond acceptors (Lipinski definition) is 6. The first-order chi connectivity index (χ1) is 18.8. The minimum atomic E-state index is -1.43. The van der Waals surface area contributed by atoms with Crippen LogP contribution in [0, 0.1) is 0 Å². The number of H-pyrrole nitrogens is 2. The third-order valence-corrected chi connectivity index (χ3v) is 6.43. The highest BCUT2D eigenvalue weighted by atomic mass is 16.4. The number of hydrogen-bond donors (Lipinski definition) is 8. The van der Waals surface area contributed by atoms with Crippen molar-refractivity contribution in [3.63, 3.8) is 0 Å². The molecule has 12 heteroatoms. The maximum atomic E-state index is 12.6. The first kappa shape index (κ1) is 27.4. The molecule has 4 amide bonds. The number of carbonyl (C=O) groups is 4. The van der Waals surface area contributed by atoms with Crippen molar-refractivity contribution in [2.45, 2.75) is 31.3 Å². The summed E-state index contributed by atoms with van der Waals surface area (Å²) in [7, 11) is 0. The fourth-order valence-corrected chi connectivity index (χ4v) is 4.58. The number of aromatic amines is 2. The molecule has 0 saturated heterocycles. The third-order valence-electron chi connectivity index (χ3n) is 6.43. The zero-order chi connectivity index (χ0) is 27.8. The van der Waals surface area contributed by atoms with Crippen LogP contribution in [-0.4, -0.2) is 69.4 Å². The Bertz CT molecular complexity index is 1370. The number of fused-ring (bicyclic) bond motifs is 2. The van der Waals surface area contributed by atoms with Crippen LogP contribution in [0.3, 0.4) is 0 Å². The number of imide groups is 2. The molecule has 0 bridgehead atoms. The second-order valence-corrected chi connectivity index (χ2v) is 9.08. The van der Waals surface area contributed by atoms with Crippen molar-refractivity contribution in [1.29, 1.82) is 0 Å². The number of rotatable bonds is 12. The van der Waals surface area contributed by atoms with Crippen LogP contribution in [0.15, 0.2) is 60.9 Å². The molecular formula is C27H30N6O6. The summed E-state index contributed by atoms with van der Waals surface area (Å²) in [5, 5.41) is 30.0. The van der Waals surface area contributed by atoms with Gasteiger partial charge in [-0.05, 0) is 55.6 Å². The van der Waals surface area contributed by atoms with Gasteiger partial charge < -0.3 is 30.8 Å². The van der Waals surface area contributed by atoms with E-state index in [1.807, 2.05) is 59.2 Å². The second kappa shape index (κ2) is 12.7. The van der Waals surface area contributed by atoms with E-state index in [-0.39, 0.29) is 12.8 Å². The normalized spacial score (nSPS) is 12.7. The first-order valence-electron chi connectivity index (χ1n) is 12.5. The van der Waals surface area contributed by atoms with E-state index < -0.39 is 36.1 Å². The van der Waals surface area contributed by atoms with E-state index in [0.717, 1.165) is 32.9 Å². The second-order valence-electron chi connectivity index (χ2n) is 9.08. The van der Waals surface area contributed by atoms with Gasteiger partial charge in [0.05, 0.1) is 12.1 Å². The minimum absolute atomic E-state index is 0.265. The van der Waals surface area contributed by atoms with Crippen LogP contribution in [-0.2, 0) is 22.4 Å². The van der Waals surface area contributed by atoms with E-state index in [4.69, 9.17) is 10.2 Å². The van der Waals surface area contributed by atoms with Gasteiger partial charge in [0.25, 0.3) is 0 Å². The predicted molar refractivity (Wildman–Crippen MR) is 145 cm³/mol. The van der Waals surface area contributed by atoms with Crippen molar-refractivity contribution in [3.05, 3.63) is 72.1 Å². The van der Waals surface area contributed by atoms with Crippen LogP contribution in [0.25, 0.3) is 21.8 Å². The van der Waals surface area contributed by atoms with Crippen LogP contribution < -0.4 is 21.3 Å². The summed E-state index contributed by atoms with van der Waals surface area (Å²) >= 11 is 0. The fraction of sp³-hybridized carbons (Fsp3) is 0.259. The Morgan fingerprint density at radius 2 is 1.08 bits per heavy atom. The quantitative estimate of drug-likeness (QED) is 0.127. The van der Waals surface area contributed by atoms with Gasteiger partial charge >= 0.3 is 12.2 Å². The highest BCUT2D eigenvalue weighted by molar-refractivity contribution is 5.95. The minimum Gasteiger partial charge on any atom is -0.465 e. The molecule has 0 aliphatic rings. The molecule has 2 aromatic heterocycles. The first-order valence-corrected chi connectivity index (χ1v) is 12.5. The molecule has 8 N–H and O–H groups in total. The third kappa shape index (κ3) is 7.21. The van der Waals surface area contributed by atoms with Gasteiger partial charge in [-0.3, -0.25) is 20.2 Å². The van der Waals surface area contributed by atoms with Gasteiger partial charge in [-0.15, -0.1) is 0 Å². The predicted octanol–water partition coefficient (Wildman–Crippen LogP) is 2.33. The van der Waals surface area contributed by atoms with Crippen LogP contribution >= 0.6 is 0 Å². The number of carbonyl (C=O) groups excluding carboxylic acids is 2. The van der Waals surface area contributed by atoms with E-state index in [1.54, 1.807) is 12.4 Å².